The average Bonchev–Trinajstić information content (AvgIpc) is 2.83. The van der Waals surface area contributed by atoms with Crippen LogP contribution in [0.2, 0.25) is 0 Å². The van der Waals surface area contributed by atoms with E-state index in [4.69, 9.17) is 4.98 Å². The molecule has 1 N–H and O–H groups in total. The number of nitrogens with one attached hydrogen (secondary N) is 1. The molecule has 0 radical (unpaired) electrons. The molecule has 160 valence electrons. The summed E-state index contributed by atoms with van der Waals surface area (Å²) >= 11 is 1.43. The molecule has 32 heavy (non-hydrogen) atoms. The van der Waals surface area contributed by atoms with Gasteiger partial charge in [-0.25, -0.2) is 4.98 Å². The lowest BCUT2D eigenvalue weighted by Crippen LogP contribution is -2.14. The summed E-state index contributed by atoms with van der Waals surface area (Å²) in [6.07, 6.45) is 0.364. The fraction of sp³-hybridized carbons (Fsp3) is 0.154. The number of amides is 1. The fourth-order valence-electron chi connectivity index (χ4n) is 3.41. The molecule has 0 aliphatic heterocycles. The number of thioether (sulfide) groups is 1. The van der Waals surface area contributed by atoms with E-state index in [0.717, 1.165) is 39.3 Å². The molecule has 4 aromatic rings. The van der Waals surface area contributed by atoms with E-state index >= 15 is 0 Å². The first-order chi connectivity index (χ1) is 15.6. The Morgan fingerprint density at radius 2 is 1.38 bits per heavy atom. The molecule has 0 spiro atoms. The molecule has 0 atom stereocenters. The summed E-state index contributed by atoms with van der Waals surface area (Å²) < 4.78 is 0. The zero-order chi connectivity index (χ0) is 22.3. The van der Waals surface area contributed by atoms with E-state index in [-0.39, 0.29) is 5.91 Å². The van der Waals surface area contributed by atoms with Crippen molar-refractivity contribution in [1.82, 2.24) is 15.2 Å². The first kappa shape index (κ1) is 21.7. The van der Waals surface area contributed by atoms with E-state index in [1.165, 1.54) is 11.8 Å². The average molecular weight is 441 g/mol. The van der Waals surface area contributed by atoms with Crippen LogP contribution in [0.5, 0.6) is 0 Å². The summed E-state index contributed by atoms with van der Waals surface area (Å²) in [5.74, 6) is 0.546. The van der Waals surface area contributed by atoms with Crippen molar-refractivity contribution in [1.29, 1.82) is 0 Å². The van der Waals surface area contributed by atoms with Crippen LogP contribution in [0.1, 0.15) is 17.5 Å². The van der Waals surface area contributed by atoms with Crippen molar-refractivity contribution in [3.05, 3.63) is 90.0 Å². The Labute approximate surface area is 192 Å². The maximum absolute atomic E-state index is 12.5. The summed E-state index contributed by atoms with van der Waals surface area (Å²) in [7, 11) is 0. The first-order valence-electron chi connectivity index (χ1n) is 10.5. The predicted octanol–water partition coefficient (Wildman–Crippen LogP) is 5.94. The van der Waals surface area contributed by atoms with Gasteiger partial charge < -0.3 is 5.32 Å². The third-order valence-corrected chi connectivity index (χ3v) is 5.91. The SMILES string of the molecule is Cc1cccc(C)c1NC(=O)CCSc1nnc(-c2ccccc2)c(-c2ccccc2)n1. The quantitative estimate of drug-likeness (QED) is 0.360. The maximum atomic E-state index is 12.5. The second-order valence-electron chi connectivity index (χ2n) is 7.44. The molecule has 1 heterocycles. The van der Waals surface area contributed by atoms with Gasteiger partial charge in [0.15, 0.2) is 0 Å². The van der Waals surface area contributed by atoms with Crippen LogP contribution in [-0.4, -0.2) is 26.8 Å². The van der Waals surface area contributed by atoms with E-state index in [2.05, 4.69) is 15.5 Å². The van der Waals surface area contributed by atoms with Crippen molar-refractivity contribution >= 4 is 23.4 Å². The molecule has 4 rings (SSSR count). The number of nitrogens with zero attached hydrogens (tertiary/aromatic N) is 3. The van der Waals surface area contributed by atoms with Crippen molar-refractivity contribution in [3.63, 3.8) is 0 Å². The van der Waals surface area contributed by atoms with Crippen LogP contribution < -0.4 is 5.32 Å². The van der Waals surface area contributed by atoms with Gasteiger partial charge in [0.25, 0.3) is 0 Å². The highest BCUT2D eigenvalue weighted by Gasteiger charge is 2.14. The summed E-state index contributed by atoms with van der Waals surface area (Å²) in [5, 5.41) is 12.4. The minimum Gasteiger partial charge on any atom is -0.326 e. The number of carbonyl (C=O) groups excluding carboxylic acids is 1. The largest absolute Gasteiger partial charge is 0.326 e. The van der Waals surface area contributed by atoms with Gasteiger partial charge in [0.1, 0.15) is 11.4 Å². The highest BCUT2D eigenvalue weighted by atomic mass is 32.2. The highest BCUT2D eigenvalue weighted by molar-refractivity contribution is 7.99. The van der Waals surface area contributed by atoms with Gasteiger partial charge in [0.05, 0.1) is 0 Å². The lowest BCUT2D eigenvalue weighted by atomic mass is 10.0. The van der Waals surface area contributed by atoms with Gasteiger partial charge in [-0.2, -0.15) is 0 Å². The second kappa shape index (κ2) is 10.2. The number of anilines is 1. The standard InChI is InChI=1S/C26H24N4OS/c1-18-10-9-11-19(2)23(18)27-22(31)16-17-32-26-28-24(20-12-5-3-6-13-20)25(29-30-26)21-14-7-4-8-15-21/h3-15H,16-17H2,1-2H3,(H,27,31). The van der Waals surface area contributed by atoms with E-state index in [0.29, 0.717) is 17.3 Å². The molecule has 0 saturated carbocycles. The Bertz CT molecular complexity index is 1190. The normalized spacial score (nSPS) is 10.7. The number of carbonyl (C=O) groups is 1. The monoisotopic (exact) mass is 440 g/mol. The minimum absolute atomic E-state index is 0.0213. The molecule has 1 amide bonds. The Morgan fingerprint density at radius 1 is 0.781 bits per heavy atom. The highest BCUT2D eigenvalue weighted by Crippen LogP contribution is 2.29. The molecule has 0 aliphatic carbocycles. The number of rotatable bonds is 7. The molecule has 0 fully saturated rings. The van der Waals surface area contributed by atoms with E-state index in [1.807, 2.05) is 92.7 Å². The Morgan fingerprint density at radius 3 is 2.00 bits per heavy atom. The third-order valence-electron chi connectivity index (χ3n) is 5.07. The smallest absolute Gasteiger partial charge is 0.225 e. The second-order valence-corrected chi connectivity index (χ2v) is 8.50. The summed E-state index contributed by atoms with van der Waals surface area (Å²) in [5.41, 5.74) is 6.49. The van der Waals surface area contributed by atoms with Crippen LogP contribution in [0.25, 0.3) is 22.5 Å². The number of aryl methyl sites for hydroxylation is 2. The van der Waals surface area contributed by atoms with Gasteiger partial charge in [-0.3, -0.25) is 4.79 Å². The predicted molar refractivity (Wildman–Crippen MR) is 131 cm³/mol. The minimum atomic E-state index is -0.0213. The summed E-state index contributed by atoms with van der Waals surface area (Å²) in [4.78, 5) is 17.2. The summed E-state index contributed by atoms with van der Waals surface area (Å²) in [6.45, 7) is 3.99. The molecule has 0 bridgehead atoms. The molecule has 5 nitrogen and oxygen atoms in total. The zero-order valence-electron chi connectivity index (χ0n) is 18.1. The van der Waals surface area contributed by atoms with Gasteiger partial charge in [0.2, 0.25) is 11.1 Å². The van der Waals surface area contributed by atoms with Gasteiger partial charge in [0, 0.05) is 29.0 Å². The van der Waals surface area contributed by atoms with Gasteiger partial charge in [-0.1, -0.05) is 90.6 Å². The molecule has 6 heteroatoms. The number of benzene rings is 3. The van der Waals surface area contributed by atoms with Crippen LogP contribution in [0, 0.1) is 13.8 Å². The molecular weight excluding hydrogens is 416 g/mol. The number of hydrogen-bond acceptors (Lipinski definition) is 5. The van der Waals surface area contributed by atoms with Gasteiger partial charge in [-0.15, -0.1) is 10.2 Å². The molecule has 0 aliphatic rings. The van der Waals surface area contributed by atoms with Crippen molar-refractivity contribution in [2.24, 2.45) is 0 Å². The first-order valence-corrected chi connectivity index (χ1v) is 11.4. The van der Waals surface area contributed by atoms with E-state index in [1.54, 1.807) is 0 Å². The Kier molecular flexibility index (Phi) is 6.92. The Balaban J connectivity index is 1.48. The topological polar surface area (TPSA) is 67.8 Å². The van der Waals surface area contributed by atoms with Crippen LogP contribution in [-0.2, 0) is 4.79 Å². The molecule has 3 aromatic carbocycles. The number of para-hydroxylation sites is 1. The van der Waals surface area contributed by atoms with E-state index in [9.17, 15) is 4.79 Å². The van der Waals surface area contributed by atoms with Crippen LogP contribution in [0.4, 0.5) is 5.69 Å². The fourth-order valence-corrected chi connectivity index (χ4v) is 4.13. The zero-order valence-corrected chi connectivity index (χ0v) is 18.9. The molecular formula is C26H24N4OS. The lowest BCUT2D eigenvalue weighted by Gasteiger charge is -2.11. The molecule has 1 aromatic heterocycles. The number of aromatic nitrogens is 3. The summed E-state index contributed by atoms with van der Waals surface area (Å²) in [6, 6.07) is 25.9. The van der Waals surface area contributed by atoms with Crippen LogP contribution in [0.15, 0.2) is 84.0 Å². The molecule has 0 unspecified atom stereocenters. The maximum Gasteiger partial charge on any atom is 0.225 e. The lowest BCUT2D eigenvalue weighted by molar-refractivity contribution is -0.115. The number of hydrogen-bond donors (Lipinski definition) is 1. The molecule has 0 saturated heterocycles. The van der Waals surface area contributed by atoms with Crippen LogP contribution >= 0.6 is 11.8 Å². The van der Waals surface area contributed by atoms with Gasteiger partial charge >= 0.3 is 0 Å². The van der Waals surface area contributed by atoms with Gasteiger partial charge in [-0.05, 0) is 25.0 Å². The van der Waals surface area contributed by atoms with Crippen LogP contribution in [0.3, 0.4) is 0 Å². The van der Waals surface area contributed by atoms with Crippen molar-refractivity contribution in [3.8, 4) is 22.5 Å². The Hall–Kier alpha value is -3.51. The van der Waals surface area contributed by atoms with Crippen molar-refractivity contribution in [2.45, 2.75) is 25.4 Å². The van der Waals surface area contributed by atoms with Crippen molar-refractivity contribution in [2.75, 3.05) is 11.1 Å². The third kappa shape index (κ3) is 5.21. The van der Waals surface area contributed by atoms with Crippen molar-refractivity contribution < 1.29 is 4.79 Å². The van der Waals surface area contributed by atoms with E-state index < -0.39 is 0 Å².